The monoisotopic (exact) mass is 447 g/mol. The maximum atomic E-state index is 13.0. The van der Waals surface area contributed by atoms with E-state index in [4.69, 9.17) is 4.74 Å². The van der Waals surface area contributed by atoms with Crippen LogP contribution >= 0.6 is 11.3 Å². The van der Waals surface area contributed by atoms with Crippen molar-refractivity contribution in [2.45, 2.75) is 20.8 Å². The van der Waals surface area contributed by atoms with Gasteiger partial charge in [0.1, 0.15) is 10.7 Å². The first kappa shape index (κ1) is 21.5. The standard InChI is InChI=1S/C24H21N3O4S/c1-4-31-24(30)21-14(2)13-20(32-21)26-22(28)16-9-11-17(12-10-16)27-15(3)25-19-8-6-5-7-18(19)23(27)29/h5-13H,4H2,1-3H3,(H,26,28). The number of nitrogens with zero attached hydrogens (tertiary/aromatic N) is 2. The molecule has 162 valence electrons. The highest BCUT2D eigenvalue weighted by molar-refractivity contribution is 7.18. The van der Waals surface area contributed by atoms with Crippen molar-refractivity contribution in [3.05, 3.63) is 86.8 Å². The van der Waals surface area contributed by atoms with E-state index in [1.165, 1.54) is 15.9 Å². The molecule has 0 saturated heterocycles. The van der Waals surface area contributed by atoms with Crippen LogP contribution in [0.2, 0.25) is 0 Å². The highest BCUT2D eigenvalue weighted by atomic mass is 32.1. The van der Waals surface area contributed by atoms with Crippen LogP contribution in [0.15, 0.2) is 59.4 Å². The molecule has 1 amide bonds. The van der Waals surface area contributed by atoms with Gasteiger partial charge in [-0.1, -0.05) is 12.1 Å². The topological polar surface area (TPSA) is 90.3 Å². The zero-order chi connectivity index (χ0) is 22.8. The average molecular weight is 448 g/mol. The van der Waals surface area contributed by atoms with Crippen LogP contribution in [0.25, 0.3) is 16.6 Å². The van der Waals surface area contributed by atoms with Gasteiger partial charge in [-0.2, -0.15) is 0 Å². The Labute approximate surface area is 188 Å². The minimum absolute atomic E-state index is 0.161. The zero-order valence-electron chi connectivity index (χ0n) is 17.8. The number of carbonyl (C=O) groups excluding carboxylic acids is 2. The Morgan fingerprint density at radius 3 is 2.53 bits per heavy atom. The van der Waals surface area contributed by atoms with Crippen LogP contribution in [-0.2, 0) is 4.74 Å². The van der Waals surface area contributed by atoms with E-state index in [0.717, 1.165) is 5.56 Å². The van der Waals surface area contributed by atoms with E-state index in [-0.39, 0.29) is 11.5 Å². The summed E-state index contributed by atoms with van der Waals surface area (Å²) in [6, 6.07) is 15.7. The molecule has 0 aliphatic rings. The van der Waals surface area contributed by atoms with Gasteiger partial charge in [0.25, 0.3) is 11.5 Å². The molecule has 8 heteroatoms. The van der Waals surface area contributed by atoms with Gasteiger partial charge in [0.05, 0.1) is 28.2 Å². The Morgan fingerprint density at radius 2 is 1.81 bits per heavy atom. The fourth-order valence-corrected chi connectivity index (χ4v) is 4.40. The SMILES string of the molecule is CCOC(=O)c1sc(NC(=O)c2ccc(-n3c(C)nc4ccccc4c3=O)cc2)cc1C. The quantitative estimate of drug-likeness (QED) is 0.455. The summed E-state index contributed by atoms with van der Waals surface area (Å²) >= 11 is 1.18. The second-order valence-electron chi connectivity index (χ2n) is 7.16. The van der Waals surface area contributed by atoms with Gasteiger partial charge in [-0.05, 0) is 68.8 Å². The van der Waals surface area contributed by atoms with E-state index in [2.05, 4.69) is 10.3 Å². The van der Waals surface area contributed by atoms with Crippen LogP contribution in [0.4, 0.5) is 5.00 Å². The van der Waals surface area contributed by atoms with Crippen molar-refractivity contribution in [2.24, 2.45) is 0 Å². The Kier molecular flexibility index (Phi) is 5.87. The number of anilines is 1. The number of rotatable bonds is 5. The number of hydrogen-bond acceptors (Lipinski definition) is 6. The third-order valence-electron chi connectivity index (χ3n) is 4.95. The van der Waals surface area contributed by atoms with Gasteiger partial charge in [-0.15, -0.1) is 11.3 Å². The van der Waals surface area contributed by atoms with Crippen LogP contribution in [0.3, 0.4) is 0 Å². The Bertz CT molecular complexity index is 1390. The number of benzene rings is 2. The Balaban J connectivity index is 1.58. The summed E-state index contributed by atoms with van der Waals surface area (Å²) in [5, 5.41) is 3.91. The number of amides is 1. The van der Waals surface area contributed by atoms with Crippen LogP contribution in [-0.4, -0.2) is 28.0 Å². The molecule has 0 aliphatic carbocycles. The van der Waals surface area contributed by atoms with Crippen LogP contribution in [0.5, 0.6) is 0 Å². The average Bonchev–Trinajstić information content (AvgIpc) is 3.14. The maximum Gasteiger partial charge on any atom is 0.348 e. The molecule has 4 rings (SSSR count). The minimum atomic E-state index is -0.398. The van der Waals surface area contributed by atoms with Crippen LogP contribution in [0, 0.1) is 13.8 Å². The van der Waals surface area contributed by atoms with Gasteiger partial charge in [0.15, 0.2) is 0 Å². The molecule has 0 unspecified atom stereocenters. The molecule has 0 bridgehead atoms. The van der Waals surface area contributed by atoms with Gasteiger partial charge in [0, 0.05) is 5.56 Å². The molecule has 2 heterocycles. The zero-order valence-corrected chi connectivity index (χ0v) is 18.7. The molecular formula is C24H21N3O4S. The van der Waals surface area contributed by atoms with Gasteiger partial charge in [-0.25, -0.2) is 9.78 Å². The Hall–Kier alpha value is -3.78. The number of esters is 1. The number of fused-ring (bicyclic) bond motifs is 1. The van der Waals surface area contributed by atoms with Crippen molar-refractivity contribution < 1.29 is 14.3 Å². The molecule has 0 radical (unpaired) electrons. The number of para-hydroxylation sites is 1. The van der Waals surface area contributed by atoms with Crippen molar-refractivity contribution in [3.8, 4) is 5.69 Å². The first-order valence-electron chi connectivity index (χ1n) is 10.1. The first-order valence-corrected chi connectivity index (χ1v) is 10.9. The molecule has 1 N–H and O–H groups in total. The van der Waals surface area contributed by atoms with Crippen LogP contribution in [0.1, 0.15) is 38.3 Å². The molecule has 0 spiro atoms. The molecule has 0 fully saturated rings. The fourth-order valence-electron chi connectivity index (χ4n) is 3.44. The lowest BCUT2D eigenvalue weighted by Crippen LogP contribution is -2.22. The van der Waals surface area contributed by atoms with Gasteiger partial charge >= 0.3 is 5.97 Å². The third kappa shape index (κ3) is 4.04. The third-order valence-corrected chi connectivity index (χ3v) is 6.08. The number of ether oxygens (including phenoxy) is 1. The minimum Gasteiger partial charge on any atom is -0.462 e. The molecule has 7 nitrogen and oxygen atoms in total. The summed E-state index contributed by atoms with van der Waals surface area (Å²) in [6.45, 7) is 5.61. The molecule has 4 aromatic rings. The van der Waals surface area contributed by atoms with E-state index in [1.807, 2.05) is 6.07 Å². The summed E-state index contributed by atoms with van der Waals surface area (Å²) in [6.07, 6.45) is 0. The summed E-state index contributed by atoms with van der Waals surface area (Å²) in [7, 11) is 0. The highest BCUT2D eigenvalue weighted by Crippen LogP contribution is 2.28. The van der Waals surface area contributed by atoms with Crippen molar-refractivity contribution in [1.29, 1.82) is 0 Å². The predicted octanol–water partition coefficient (Wildman–Crippen LogP) is 4.49. The molecule has 0 atom stereocenters. The van der Waals surface area contributed by atoms with Crippen molar-refractivity contribution >= 4 is 39.1 Å². The number of carbonyl (C=O) groups is 2. The van der Waals surface area contributed by atoms with E-state index in [9.17, 15) is 14.4 Å². The lowest BCUT2D eigenvalue weighted by atomic mass is 10.2. The normalized spacial score (nSPS) is 10.8. The summed E-state index contributed by atoms with van der Waals surface area (Å²) in [5.74, 6) is -0.148. The van der Waals surface area contributed by atoms with Crippen molar-refractivity contribution in [2.75, 3.05) is 11.9 Å². The summed E-state index contributed by atoms with van der Waals surface area (Å²) in [5.41, 5.74) is 2.29. The number of hydrogen-bond donors (Lipinski definition) is 1. The first-order chi connectivity index (χ1) is 15.4. The van der Waals surface area contributed by atoms with Gasteiger partial charge in [-0.3, -0.25) is 14.2 Å². The lowest BCUT2D eigenvalue weighted by molar-refractivity contribution is 0.0531. The van der Waals surface area contributed by atoms with Gasteiger partial charge in [0.2, 0.25) is 0 Å². The number of nitrogens with one attached hydrogen (secondary N) is 1. The summed E-state index contributed by atoms with van der Waals surface area (Å²) in [4.78, 5) is 42.6. The molecule has 32 heavy (non-hydrogen) atoms. The van der Waals surface area contributed by atoms with Crippen molar-refractivity contribution in [3.63, 3.8) is 0 Å². The largest absolute Gasteiger partial charge is 0.462 e. The Morgan fingerprint density at radius 1 is 1.09 bits per heavy atom. The molecular weight excluding hydrogens is 426 g/mol. The lowest BCUT2D eigenvalue weighted by Gasteiger charge is -2.11. The second-order valence-corrected chi connectivity index (χ2v) is 8.21. The number of aryl methyl sites for hydroxylation is 2. The van der Waals surface area contributed by atoms with Crippen molar-refractivity contribution in [1.82, 2.24) is 9.55 Å². The number of aromatic nitrogens is 2. The molecule has 2 aromatic carbocycles. The molecule has 2 aromatic heterocycles. The highest BCUT2D eigenvalue weighted by Gasteiger charge is 2.17. The van der Waals surface area contributed by atoms with E-state index in [1.54, 1.807) is 69.3 Å². The fraction of sp³-hybridized carbons (Fsp3) is 0.167. The number of thiophene rings is 1. The maximum absolute atomic E-state index is 13.0. The van der Waals surface area contributed by atoms with E-state index in [0.29, 0.717) is 44.5 Å². The smallest absolute Gasteiger partial charge is 0.348 e. The van der Waals surface area contributed by atoms with E-state index >= 15 is 0 Å². The second kappa shape index (κ2) is 8.76. The predicted molar refractivity (Wildman–Crippen MR) is 125 cm³/mol. The summed E-state index contributed by atoms with van der Waals surface area (Å²) < 4.78 is 6.56. The van der Waals surface area contributed by atoms with Crippen LogP contribution < -0.4 is 10.9 Å². The molecule has 0 aliphatic heterocycles. The van der Waals surface area contributed by atoms with E-state index < -0.39 is 5.97 Å². The van der Waals surface area contributed by atoms with Gasteiger partial charge < -0.3 is 10.1 Å². The molecule has 0 saturated carbocycles.